The van der Waals surface area contributed by atoms with Crippen LogP contribution in [-0.4, -0.2) is 31.8 Å². The molecule has 0 amide bonds. The van der Waals surface area contributed by atoms with E-state index in [-0.39, 0.29) is 24.1 Å². The lowest BCUT2D eigenvalue weighted by Crippen LogP contribution is -3.04. The number of phenols is 1. The van der Waals surface area contributed by atoms with Crippen molar-refractivity contribution in [3.05, 3.63) is 57.3 Å². The molecule has 6 nitrogen and oxygen atoms in total. The van der Waals surface area contributed by atoms with Crippen LogP contribution in [0.5, 0.6) is 17.2 Å². The number of phenolic OH excluding ortho intramolecular Hbond substituents is 1. The number of quaternary nitrogens is 1. The number of benzene rings is 2. The first-order valence-electron chi connectivity index (χ1n) is 8.55. The lowest BCUT2D eigenvalue weighted by atomic mass is 10.0. The average molecular weight is 389 g/mol. The van der Waals surface area contributed by atoms with E-state index in [2.05, 4.69) is 0 Å². The third kappa shape index (κ3) is 3.27. The lowest BCUT2D eigenvalue weighted by Gasteiger charge is -2.20. The van der Waals surface area contributed by atoms with Crippen LogP contribution in [0.4, 0.5) is 0 Å². The molecule has 4 rings (SSSR count). The minimum absolute atomic E-state index is 0.115. The highest BCUT2D eigenvalue weighted by atomic mass is 35.5. The van der Waals surface area contributed by atoms with Gasteiger partial charge in [-0.25, -0.2) is 0 Å². The molecule has 2 aromatic carbocycles. The molecule has 0 saturated heterocycles. The summed E-state index contributed by atoms with van der Waals surface area (Å²) in [6, 6.07) is 6.62. The van der Waals surface area contributed by atoms with Gasteiger partial charge in [0.2, 0.25) is 5.78 Å². The van der Waals surface area contributed by atoms with Crippen molar-refractivity contribution in [1.82, 2.24) is 0 Å². The highest BCUT2D eigenvalue weighted by Crippen LogP contribution is 2.40. The van der Waals surface area contributed by atoms with Gasteiger partial charge in [-0.1, -0.05) is 11.6 Å². The third-order valence-electron chi connectivity index (χ3n) is 4.44. The Balaban J connectivity index is 1.77. The van der Waals surface area contributed by atoms with Crippen LogP contribution in [0.25, 0.3) is 6.08 Å². The van der Waals surface area contributed by atoms with Gasteiger partial charge in [0.05, 0.1) is 31.8 Å². The van der Waals surface area contributed by atoms with E-state index in [0.717, 1.165) is 10.5 Å². The maximum Gasteiger partial charge on any atom is 0.231 e. The van der Waals surface area contributed by atoms with Crippen LogP contribution in [0.3, 0.4) is 0 Å². The van der Waals surface area contributed by atoms with E-state index < -0.39 is 0 Å². The first-order chi connectivity index (χ1) is 12.9. The van der Waals surface area contributed by atoms with Crippen molar-refractivity contribution in [3.8, 4) is 17.2 Å². The monoisotopic (exact) mass is 388 g/mol. The number of carbonyl (C=O) groups is 1. The van der Waals surface area contributed by atoms with E-state index in [4.69, 9.17) is 25.8 Å². The van der Waals surface area contributed by atoms with Gasteiger partial charge >= 0.3 is 0 Å². The van der Waals surface area contributed by atoms with Crippen molar-refractivity contribution in [2.24, 2.45) is 0 Å². The van der Waals surface area contributed by atoms with Gasteiger partial charge in [-0.2, -0.15) is 0 Å². The second-order valence-corrected chi connectivity index (χ2v) is 7.29. The number of hydrogen-bond acceptors (Lipinski definition) is 5. The molecule has 2 aliphatic heterocycles. The highest BCUT2D eigenvalue weighted by Gasteiger charge is 2.32. The number of rotatable bonds is 3. The zero-order chi connectivity index (χ0) is 19.1. The minimum atomic E-state index is -0.235. The molecule has 2 aromatic rings. The fourth-order valence-electron chi connectivity index (χ4n) is 3.28. The maximum absolute atomic E-state index is 12.8. The standard InChI is InChI=1S/C20H18ClNO5/c1-22(2)8-15-16(23)4-3-14-18(24)17(27-20(14)15)7-11-5-13(21)6-12-9-25-10-26-19(11)12/h3-7,23H,8-10H2,1-2H3/p+1/b17-7-. The molecule has 0 spiro atoms. The Morgan fingerprint density at radius 3 is 2.85 bits per heavy atom. The third-order valence-corrected chi connectivity index (χ3v) is 4.65. The summed E-state index contributed by atoms with van der Waals surface area (Å²) >= 11 is 6.19. The number of carbonyl (C=O) groups excluding carboxylic acids is 1. The number of ketones is 1. The molecule has 2 aliphatic rings. The van der Waals surface area contributed by atoms with Gasteiger partial charge < -0.3 is 24.2 Å². The molecule has 27 heavy (non-hydrogen) atoms. The van der Waals surface area contributed by atoms with Gasteiger partial charge in [-0.15, -0.1) is 0 Å². The van der Waals surface area contributed by atoms with Crippen molar-refractivity contribution in [2.45, 2.75) is 13.2 Å². The Labute approximate surface area is 161 Å². The summed E-state index contributed by atoms with van der Waals surface area (Å²) in [5.74, 6) is 1.09. The number of allylic oxidation sites excluding steroid dienone is 1. The van der Waals surface area contributed by atoms with Crippen LogP contribution in [0.2, 0.25) is 5.02 Å². The summed E-state index contributed by atoms with van der Waals surface area (Å²) in [5.41, 5.74) is 2.52. The zero-order valence-corrected chi connectivity index (χ0v) is 15.7. The van der Waals surface area contributed by atoms with Crippen molar-refractivity contribution < 1.29 is 29.0 Å². The summed E-state index contributed by atoms with van der Waals surface area (Å²) in [4.78, 5) is 13.9. The molecule has 0 saturated carbocycles. The maximum atomic E-state index is 12.8. The Bertz CT molecular complexity index is 967. The summed E-state index contributed by atoms with van der Waals surface area (Å²) in [5, 5.41) is 10.7. The SMILES string of the molecule is C[NH+](C)Cc1c(O)ccc2c1O/C(=C\c1cc(Cl)cc3c1OCOC3)C2=O. The topological polar surface area (TPSA) is 69.4 Å². The van der Waals surface area contributed by atoms with Gasteiger partial charge in [0.15, 0.2) is 18.3 Å². The number of fused-ring (bicyclic) bond motifs is 2. The van der Waals surface area contributed by atoms with Crippen molar-refractivity contribution in [1.29, 1.82) is 0 Å². The van der Waals surface area contributed by atoms with Crippen LogP contribution in [0.1, 0.15) is 27.0 Å². The Morgan fingerprint density at radius 2 is 2.07 bits per heavy atom. The Hall–Kier alpha value is -2.54. The molecule has 0 aliphatic carbocycles. The van der Waals surface area contributed by atoms with Crippen molar-refractivity contribution in [2.75, 3.05) is 20.9 Å². The summed E-state index contributed by atoms with van der Waals surface area (Å²) < 4.78 is 16.8. The molecule has 0 radical (unpaired) electrons. The molecular formula is C20H19ClNO5+. The smallest absolute Gasteiger partial charge is 0.231 e. The van der Waals surface area contributed by atoms with E-state index in [1.807, 2.05) is 14.1 Å². The molecule has 2 N–H and O–H groups in total. The fourth-order valence-corrected chi connectivity index (χ4v) is 3.53. The largest absolute Gasteiger partial charge is 0.507 e. The normalized spacial score (nSPS) is 16.9. The van der Waals surface area contributed by atoms with Gasteiger partial charge in [-0.3, -0.25) is 4.79 Å². The number of Topliss-reactive ketones (excluding diaryl/α,β-unsaturated/α-hetero) is 1. The number of aromatic hydroxyl groups is 1. The zero-order valence-electron chi connectivity index (χ0n) is 15.0. The Morgan fingerprint density at radius 1 is 1.26 bits per heavy atom. The van der Waals surface area contributed by atoms with Gasteiger partial charge in [0.25, 0.3) is 0 Å². The second kappa shape index (κ2) is 6.88. The van der Waals surface area contributed by atoms with Crippen LogP contribution < -0.4 is 14.4 Å². The molecule has 0 fully saturated rings. The number of nitrogens with one attached hydrogen (secondary N) is 1. The predicted octanol–water partition coefficient (Wildman–Crippen LogP) is 2.17. The van der Waals surface area contributed by atoms with E-state index in [1.54, 1.807) is 24.3 Å². The van der Waals surface area contributed by atoms with Gasteiger partial charge in [0, 0.05) is 16.1 Å². The van der Waals surface area contributed by atoms with E-state index in [0.29, 0.717) is 46.4 Å². The first kappa shape index (κ1) is 17.9. The minimum Gasteiger partial charge on any atom is -0.507 e. The quantitative estimate of drug-likeness (QED) is 0.789. The highest BCUT2D eigenvalue weighted by molar-refractivity contribution is 6.31. The van der Waals surface area contributed by atoms with E-state index in [9.17, 15) is 9.90 Å². The van der Waals surface area contributed by atoms with Crippen molar-refractivity contribution in [3.63, 3.8) is 0 Å². The molecule has 0 bridgehead atoms. The lowest BCUT2D eigenvalue weighted by molar-refractivity contribution is -0.872. The van der Waals surface area contributed by atoms with E-state index in [1.165, 1.54) is 6.07 Å². The molecule has 0 unspecified atom stereocenters. The fraction of sp³-hybridized carbons (Fsp3) is 0.250. The van der Waals surface area contributed by atoms with Gasteiger partial charge in [-0.05, 0) is 30.3 Å². The predicted molar refractivity (Wildman–Crippen MR) is 99.3 cm³/mol. The van der Waals surface area contributed by atoms with Crippen molar-refractivity contribution >= 4 is 23.5 Å². The van der Waals surface area contributed by atoms with Crippen LogP contribution >= 0.6 is 11.6 Å². The molecule has 2 heterocycles. The second-order valence-electron chi connectivity index (χ2n) is 6.86. The molecule has 140 valence electrons. The van der Waals surface area contributed by atoms with Gasteiger partial charge in [0.1, 0.15) is 18.0 Å². The summed E-state index contributed by atoms with van der Waals surface area (Å²) in [7, 11) is 3.92. The molecule has 0 aromatic heterocycles. The number of ether oxygens (including phenoxy) is 3. The first-order valence-corrected chi connectivity index (χ1v) is 8.93. The molecular weight excluding hydrogens is 370 g/mol. The van der Waals surface area contributed by atoms with Crippen LogP contribution in [0.15, 0.2) is 30.0 Å². The summed E-state index contributed by atoms with van der Waals surface area (Å²) in [6.07, 6.45) is 1.63. The van der Waals surface area contributed by atoms with Crippen LogP contribution in [0, 0.1) is 0 Å². The van der Waals surface area contributed by atoms with E-state index >= 15 is 0 Å². The number of hydrogen-bond donors (Lipinski definition) is 2. The molecule has 7 heteroatoms. The van der Waals surface area contributed by atoms with Crippen LogP contribution in [-0.2, 0) is 17.9 Å². The Kier molecular flexibility index (Phi) is 4.55. The average Bonchev–Trinajstić information content (AvgIpc) is 2.93. The summed E-state index contributed by atoms with van der Waals surface area (Å²) in [6.45, 7) is 1.07. The molecule has 0 atom stereocenters. The number of halogens is 1.